The molecule has 0 unspecified atom stereocenters. The van der Waals surface area contributed by atoms with Crippen LogP contribution < -0.4 is 19.9 Å². The number of nitrogens with two attached hydrogens (primary N) is 1. The maximum atomic E-state index is 12.1. The second-order valence-corrected chi connectivity index (χ2v) is 7.12. The van der Waals surface area contributed by atoms with Gasteiger partial charge in [-0.3, -0.25) is 4.79 Å². The van der Waals surface area contributed by atoms with Crippen LogP contribution in [0.4, 0.5) is 5.69 Å². The molecule has 0 fully saturated rings. The summed E-state index contributed by atoms with van der Waals surface area (Å²) in [5.74, 6) is -0.377. The van der Waals surface area contributed by atoms with E-state index in [9.17, 15) is 18.0 Å². The number of hydrogen-bond donors (Lipinski definition) is 2. The molecule has 0 spiro atoms. The molecule has 10 heteroatoms. The maximum absolute atomic E-state index is 12.1. The lowest BCUT2D eigenvalue weighted by molar-refractivity contribution is -0.119. The van der Waals surface area contributed by atoms with Crippen LogP contribution in [-0.4, -0.2) is 40.1 Å². The minimum absolute atomic E-state index is 0.145. The Balaban J connectivity index is 1.58. The standard InChI is InChI=1S/C17H16N2O7S/c18-27(22,23)13-3-1-2-12(9-13)19-16(20)10-26-17(21)11-4-5-14-15(8-11)25-7-6-24-14/h1-5,8-9H,6-7,10H2,(H,19,20)(H2,18,22,23). The number of esters is 1. The van der Waals surface area contributed by atoms with Gasteiger partial charge in [-0.1, -0.05) is 6.07 Å². The average Bonchev–Trinajstić information content (AvgIpc) is 2.65. The number of anilines is 1. The van der Waals surface area contributed by atoms with Crippen LogP contribution in [-0.2, 0) is 19.6 Å². The minimum Gasteiger partial charge on any atom is -0.486 e. The first-order chi connectivity index (χ1) is 12.8. The number of fused-ring (bicyclic) bond motifs is 1. The Morgan fingerprint density at radius 2 is 1.81 bits per heavy atom. The summed E-state index contributed by atoms with van der Waals surface area (Å²) >= 11 is 0. The van der Waals surface area contributed by atoms with Crippen molar-refractivity contribution >= 4 is 27.6 Å². The normalized spacial score (nSPS) is 12.9. The highest BCUT2D eigenvalue weighted by Gasteiger charge is 2.17. The third-order valence-electron chi connectivity index (χ3n) is 3.56. The molecule has 3 N–H and O–H groups in total. The quantitative estimate of drug-likeness (QED) is 0.722. The summed E-state index contributed by atoms with van der Waals surface area (Å²) in [7, 11) is -3.89. The Kier molecular flexibility index (Phi) is 5.28. The Hall–Kier alpha value is -3.11. The zero-order valence-corrected chi connectivity index (χ0v) is 14.8. The van der Waals surface area contributed by atoms with Gasteiger partial charge < -0.3 is 19.5 Å². The van der Waals surface area contributed by atoms with Crippen LogP contribution in [0.2, 0.25) is 0 Å². The van der Waals surface area contributed by atoms with Crippen LogP contribution in [0, 0.1) is 0 Å². The number of carbonyl (C=O) groups is 2. The molecule has 9 nitrogen and oxygen atoms in total. The number of amides is 1. The Morgan fingerprint density at radius 1 is 1.07 bits per heavy atom. The zero-order chi connectivity index (χ0) is 19.4. The molecule has 1 aliphatic heterocycles. The molecule has 27 heavy (non-hydrogen) atoms. The summed E-state index contributed by atoms with van der Waals surface area (Å²) in [6.07, 6.45) is 0. The van der Waals surface area contributed by atoms with Gasteiger partial charge in [0.1, 0.15) is 13.2 Å². The predicted octanol–water partition coefficient (Wildman–Crippen LogP) is 0.901. The average molecular weight is 392 g/mol. The molecular weight excluding hydrogens is 376 g/mol. The van der Waals surface area contributed by atoms with E-state index in [1.807, 2.05) is 0 Å². The van der Waals surface area contributed by atoms with Gasteiger partial charge in [-0.05, 0) is 36.4 Å². The van der Waals surface area contributed by atoms with Crippen LogP contribution in [0.1, 0.15) is 10.4 Å². The number of sulfonamides is 1. The smallest absolute Gasteiger partial charge is 0.338 e. The molecule has 2 aromatic carbocycles. The van der Waals surface area contributed by atoms with E-state index in [1.54, 1.807) is 6.07 Å². The molecule has 0 saturated heterocycles. The van der Waals surface area contributed by atoms with E-state index in [2.05, 4.69) is 5.32 Å². The molecule has 0 aliphatic carbocycles. The largest absolute Gasteiger partial charge is 0.486 e. The third kappa shape index (κ3) is 4.74. The number of carbonyl (C=O) groups excluding carboxylic acids is 2. The van der Waals surface area contributed by atoms with Gasteiger partial charge in [0.05, 0.1) is 10.5 Å². The molecule has 0 aromatic heterocycles. The molecule has 1 heterocycles. The molecule has 1 amide bonds. The highest BCUT2D eigenvalue weighted by Crippen LogP contribution is 2.30. The lowest BCUT2D eigenvalue weighted by Crippen LogP contribution is -2.21. The van der Waals surface area contributed by atoms with E-state index >= 15 is 0 Å². The summed E-state index contributed by atoms with van der Waals surface area (Å²) in [4.78, 5) is 23.9. The van der Waals surface area contributed by atoms with Gasteiger partial charge in [-0.15, -0.1) is 0 Å². The first-order valence-corrected chi connectivity index (χ1v) is 9.37. The van der Waals surface area contributed by atoms with Gasteiger partial charge in [0.2, 0.25) is 10.0 Å². The van der Waals surface area contributed by atoms with Crippen molar-refractivity contribution in [1.29, 1.82) is 0 Å². The number of primary sulfonamides is 1. The van der Waals surface area contributed by atoms with Crippen molar-refractivity contribution in [2.75, 3.05) is 25.1 Å². The monoisotopic (exact) mass is 392 g/mol. The molecule has 0 saturated carbocycles. The van der Waals surface area contributed by atoms with Crippen molar-refractivity contribution in [3.8, 4) is 11.5 Å². The first-order valence-electron chi connectivity index (χ1n) is 7.82. The predicted molar refractivity (Wildman–Crippen MR) is 94.2 cm³/mol. The van der Waals surface area contributed by atoms with E-state index in [0.717, 1.165) is 0 Å². The van der Waals surface area contributed by atoms with Gasteiger partial charge in [0.15, 0.2) is 18.1 Å². The SMILES string of the molecule is NS(=O)(=O)c1cccc(NC(=O)COC(=O)c2ccc3c(c2)OCCO3)c1. The third-order valence-corrected chi connectivity index (χ3v) is 4.47. The first kappa shape index (κ1) is 18.7. The fourth-order valence-electron chi connectivity index (χ4n) is 2.33. The molecule has 0 radical (unpaired) electrons. The summed E-state index contributed by atoms with van der Waals surface area (Å²) in [5, 5.41) is 7.47. The van der Waals surface area contributed by atoms with Crippen molar-refractivity contribution < 1.29 is 32.2 Å². The number of benzene rings is 2. The molecule has 0 atom stereocenters. The summed E-state index contributed by atoms with van der Waals surface area (Å²) in [6, 6.07) is 9.98. The number of ether oxygens (including phenoxy) is 3. The Labute approximate surface area is 155 Å². The van der Waals surface area contributed by atoms with E-state index in [1.165, 1.54) is 36.4 Å². The molecular formula is C17H16N2O7S. The molecule has 2 aromatic rings. The van der Waals surface area contributed by atoms with Crippen molar-refractivity contribution in [3.05, 3.63) is 48.0 Å². The van der Waals surface area contributed by atoms with E-state index in [4.69, 9.17) is 19.3 Å². The maximum Gasteiger partial charge on any atom is 0.338 e. The van der Waals surface area contributed by atoms with Gasteiger partial charge in [-0.25, -0.2) is 18.4 Å². The molecule has 3 rings (SSSR count). The fraction of sp³-hybridized carbons (Fsp3) is 0.176. The second-order valence-electron chi connectivity index (χ2n) is 5.56. The lowest BCUT2D eigenvalue weighted by atomic mass is 10.2. The van der Waals surface area contributed by atoms with Crippen LogP contribution >= 0.6 is 0 Å². The topological polar surface area (TPSA) is 134 Å². The van der Waals surface area contributed by atoms with Gasteiger partial charge >= 0.3 is 5.97 Å². The van der Waals surface area contributed by atoms with Crippen molar-refractivity contribution in [2.24, 2.45) is 5.14 Å². The van der Waals surface area contributed by atoms with Crippen LogP contribution in [0.15, 0.2) is 47.4 Å². The zero-order valence-electron chi connectivity index (χ0n) is 14.0. The van der Waals surface area contributed by atoms with E-state index in [-0.39, 0.29) is 16.1 Å². The minimum atomic E-state index is -3.89. The summed E-state index contributed by atoms with van der Waals surface area (Å²) < 4.78 is 38.4. The number of rotatable bonds is 5. The Morgan fingerprint density at radius 3 is 2.56 bits per heavy atom. The van der Waals surface area contributed by atoms with Crippen molar-refractivity contribution in [2.45, 2.75) is 4.90 Å². The lowest BCUT2D eigenvalue weighted by Gasteiger charge is -2.18. The van der Waals surface area contributed by atoms with Gasteiger partial charge in [-0.2, -0.15) is 0 Å². The van der Waals surface area contributed by atoms with Crippen molar-refractivity contribution in [3.63, 3.8) is 0 Å². The van der Waals surface area contributed by atoms with Crippen LogP contribution in [0.3, 0.4) is 0 Å². The van der Waals surface area contributed by atoms with Crippen molar-refractivity contribution in [1.82, 2.24) is 0 Å². The summed E-state index contributed by atoms with van der Waals surface area (Å²) in [6.45, 7) is 0.266. The van der Waals surface area contributed by atoms with Crippen LogP contribution in [0.25, 0.3) is 0 Å². The highest BCUT2D eigenvalue weighted by atomic mass is 32.2. The van der Waals surface area contributed by atoms with E-state index in [0.29, 0.717) is 24.7 Å². The highest BCUT2D eigenvalue weighted by molar-refractivity contribution is 7.89. The van der Waals surface area contributed by atoms with Crippen LogP contribution in [0.5, 0.6) is 11.5 Å². The molecule has 1 aliphatic rings. The molecule has 0 bridgehead atoms. The van der Waals surface area contributed by atoms with E-state index < -0.39 is 28.5 Å². The van der Waals surface area contributed by atoms with Gasteiger partial charge in [0.25, 0.3) is 5.91 Å². The summed E-state index contributed by atoms with van der Waals surface area (Å²) in [5.41, 5.74) is 0.421. The number of nitrogens with one attached hydrogen (secondary N) is 1. The Bertz CT molecular complexity index is 989. The second kappa shape index (κ2) is 7.64. The van der Waals surface area contributed by atoms with Gasteiger partial charge in [0, 0.05) is 5.69 Å². The number of hydrogen-bond acceptors (Lipinski definition) is 7. The molecule has 142 valence electrons. The fourth-order valence-corrected chi connectivity index (χ4v) is 2.89.